The third-order valence-electron chi connectivity index (χ3n) is 5.29. The average Bonchev–Trinajstić information content (AvgIpc) is 2.87. The number of amides is 2. The van der Waals surface area contributed by atoms with Crippen LogP contribution in [0.25, 0.3) is 11.2 Å². The number of hydrogen-bond acceptors (Lipinski definition) is 9. The highest BCUT2D eigenvalue weighted by Gasteiger charge is 2.25. The topological polar surface area (TPSA) is 171 Å². The largest absolute Gasteiger partial charge is 0.465 e. The normalized spacial score (nSPS) is 12.6. The first-order valence-corrected chi connectivity index (χ1v) is 12.3. The molecule has 0 aliphatic carbocycles. The molecule has 14 heteroatoms. The van der Waals surface area contributed by atoms with Crippen LogP contribution in [0.2, 0.25) is 0 Å². The third-order valence-corrected chi connectivity index (χ3v) is 6.10. The number of methoxy groups -OCH3 is 1. The van der Waals surface area contributed by atoms with Crippen LogP contribution in [0.5, 0.6) is 0 Å². The molecule has 0 aliphatic heterocycles. The lowest BCUT2D eigenvalue weighted by Crippen LogP contribution is -2.45. The monoisotopic (exact) mass is 516 g/mol. The van der Waals surface area contributed by atoms with Gasteiger partial charge in [-0.3, -0.25) is 27.7 Å². The Morgan fingerprint density at radius 2 is 1.83 bits per heavy atom. The predicted octanol–water partition coefficient (Wildman–Crippen LogP) is -0.680. The molecule has 190 valence electrons. The predicted molar refractivity (Wildman–Crippen MR) is 131 cm³/mol. The summed E-state index contributed by atoms with van der Waals surface area (Å²) < 4.78 is 18.3. The molecule has 0 unspecified atom stereocenters. The van der Waals surface area contributed by atoms with Gasteiger partial charge in [-0.15, -0.1) is 0 Å². The van der Waals surface area contributed by atoms with Crippen molar-refractivity contribution >= 4 is 45.4 Å². The van der Waals surface area contributed by atoms with E-state index >= 15 is 0 Å². The van der Waals surface area contributed by atoms with Gasteiger partial charge in [0, 0.05) is 36.9 Å². The summed E-state index contributed by atoms with van der Waals surface area (Å²) >= 11 is 0. The van der Waals surface area contributed by atoms with E-state index in [0.29, 0.717) is 0 Å². The van der Waals surface area contributed by atoms with Crippen molar-refractivity contribution in [1.29, 1.82) is 0 Å². The lowest BCUT2D eigenvalue weighted by atomic mass is 10.1. The van der Waals surface area contributed by atoms with Crippen molar-refractivity contribution < 1.29 is 23.3 Å². The minimum atomic E-state index is -1.26. The number of aryl methyl sites for hydroxylation is 1. The van der Waals surface area contributed by atoms with Crippen LogP contribution in [0.4, 0.5) is 5.69 Å². The van der Waals surface area contributed by atoms with Crippen LogP contribution in [-0.4, -0.2) is 66.3 Å². The molecule has 0 radical (unpaired) electrons. The Labute approximate surface area is 207 Å². The van der Waals surface area contributed by atoms with Gasteiger partial charge in [0.05, 0.1) is 24.6 Å². The van der Waals surface area contributed by atoms with Crippen molar-refractivity contribution in [3.05, 3.63) is 62.6 Å². The molecule has 0 saturated carbocycles. The number of hydrogen-bond donors (Lipinski definition) is 2. The average molecular weight is 517 g/mol. The summed E-state index contributed by atoms with van der Waals surface area (Å²) in [6.45, 7) is 0. The van der Waals surface area contributed by atoms with Crippen molar-refractivity contribution in [2.75, 3.05) is 24.4 Å². The highest BCUT2D eigenvalue weighted by molar-refractivity contribution is 7.84. The Morgan fingerprint density at radius 1 is 1.14 bits per heavy atom. The molecule has 2 aromatic heterocycles. The van der Waals surface area contributed by atoms with E-state index in [1.54, 1.807) is 12.1 Å². The summed E-state index contributed by atoms with van der Waals surface area (Å²) in [5, 5.41) is 5.10. The number of esters is 1. The highest BCUT2D eigenvalue weighted by Crippen LogP contribution is 2.17. The summed E-state index contributed by atoms with van der Waals surface area (Å²) in [5.41, 5.74) is -1.52. The first-order valence-electron chi connectivity index (χ1n) is 10.6. The van der Waals surface area contributed by atoms with Gasteiger partial charge < -0.3 is 15.4 Å². The maximum absolute atomic E-state index is 13.0. The van der Waals surface area contributed by atoms with Gasteiger partial charge in [0.2, 0.25) is 5.91 Å². The molecule has 0 aliphatic rings. The summed E-state index contributed by atoms with van der Waals surface area (Å²) in [7, 11) is 2.63. The molecule has 0 bridgehead atoms. The zero-order valence-electron chi connectivity index (χ0n) is 19.9. The van der Waals surface area contributed by atoms with Crippen molar-refractivity contribution in [2.45, 2.75) is 12.5 Å². The van der Waals surface area contributed by atoms with Crippen LogP contribution >= 0.6 is 0 Å². The van der Waals surface area contributed by atoms with Crippen LogP contribution in [0.1, 0.15) is 27.3 Å². The molecule has 0 fully saturated rings. The second-order valence-corrected chi connectivity index (χ2v) is 9.31. The fourth-order valence-corrected chi connectivity index (χ4v) is 3.89. The number of ether oxygens (including phenoxy) is 1. The molecular formula is C22H24N6O7S. The maximum Gasteiger partial charge on any atom is 0.339 e. The number of fused-ring (bicyclic) bond motifs is 1. The number of carbonyl (C=O) groups excluding carboxylic acids is 3. The van der Waals surface area contributed by atoms with E-state index in [2.05, 4.69) is 20.6 Å². The molecule has 0 spiro atoms. The van der Waals surface area contributed by atoms with Gasteiger partial charge in [0.25, 0.3) is 11.5 Å². The summed E-state index contributed by atoms with van der Waals surface area (Å²) in [6, 6.07) is 5.01. The molecule has 36 heavy (non-hydrogen) atoms. The molecular weight excluding hydrogens is 492 g/mol. The third kappa shape index (κ3) is 5.54. The van der Waals surface area contributed by atoms with E-state index in [4.69, 9.17) is 4.74 Å². The first kappa shape index (κ1) is 26.4. The van der Waals surface area contributed by atoms with Crippen molar-refractivity contribution in [2.24, 2.45) is 14.1 Å². The van der Waals surface area contributed by atoms with E-state index in [1.165, 1.54) is 39.6 Å². The number of para-hydroxylation sites is 1. The van der Waals surface area contributed by atoms with E-state index in [0.717, 1.165) is 15.3 Å². The molecule has 13 nitrogen and oxygen atoms in total. The number of nitrogens with zero attached hydrogens (tertiary/aromatic N) is 4. The van der Waals surface area contributed by atoms with Crippen molar-refractivity contribution in [1.82, 2.24) is 24.4 Å². The van der Waals surface area contributed by atoms with Crippen LogP contribution in [-0.2, 0) is 34.4 Å². The molecule has 2 N–H and O–H groups in total. The zero-order chi connectivity index (χ0) is 26.6. The van der Waals surface area contributed by atoms with Gasteiger partial charge in [-0.25, -0.2) is 19.6 Å². The second kappa shape index (κ2) is 11.0. The van der Waals surface area contributed by atoms with Crippen LogP contribution in [0, 0.1) is 0 Å². The SMILES string of the molecule is COC(=O)c1ccccc1NC(=O)[C@H](CC[S@@](C)=O)NC(=O)c1cnc2c(n1)c(=O)n(C)c(=O)n2C. The molecule has 2 heterocycles. The smallest absolute Gasteiger partial charge is 0.339 e. The number of nitrogens with one attached hydrogen (secondary N) is 2. The lowest BCUT2D eigenvalue weighted by Gasteiger charge is -2.19. The number of rotatable bonds is 8. The van der Waals surface area contributed by atoms with E-state index in [9.17, 15) is 28.2 Å². The Bertz CT molecular complexity index is 1500. The zero-order valence-corrected chi connectivity index (χ0v) is 20.7. The Morgan fingerprint density at radius 3 is 2.50 bits per heavy atom. The van der Waals surface area contributed by atoms with Gasteiger partial charge >= 0.3 is 11.7 Å². The van der Waals surface area contributed by atoms with Crippen LogP contribution < -0.4 is 21.9 Å². The molecule has 0 saturated heterocycles. The van der Waals surface area contributed by atoms with Crippen molar-refractivity contribution in [3.8, 4) is 0 Å². The molecule has 2 atom stereocenters. The van der Waals surface area contributed by atoms with E-state index < -0.39 is 45.9 Å². The Kier molecular flexibility index (Phi) is 8.09. The minimum Gasteiger partial charge on any atom is -0.465 e. The molecule has 3 aromatic rings. The second-order valence-electron chi connectivity index (χ2n) is 7.75. The van der Waals surface area contributed by atoms with Gasteiger partial charge in [0.15, 0.2) is 11.2 Å². The fraction of sp³-hybridized carbons (Fsp3) is 0.318. The molecule has 2 amide bonds. The van der Waals surface area contributed by atoms with E-state index in [-0.39, 0.29) is 40.3 Å². The summed E-state index contributed by atoms with van der Waals surface area (Å²) in [6.07, 6.45) is 2.55. The minimum absolute atomic E-state index is 0.00487. The first-order chi connectivity index (χ1) is 17.0. The fourth-order valence-electron chi connectivity index (χ4n) is 3.33. The van der Waals surface area contributed by atoms with Gasteiger partial charge in [0.1, 0.15) is 11.7 Å². The van der Waals surface area contributed by atoms with Gasteiger partial charge in [-0.05, 0) is 18.6 Å². The Hall–Kier alpha value is -4.20. The quantitative estimate of drug-likeness (QED) is 0.368. The number of benzene rings is 1. The number of anilines is 1. The number of carbonyl (C=O) groups is 3. The highest BCUT2D eigenvalue weighted by atomic mass is 32.2. The lowest BCUT2D eigenvalue weighted by molar-refractivity contribution is -0.118. The van der Waals surface area contributed by atoms with E-state index in [1.807, 2.05) is 0 Å². The molecule has 1 aromatic carbocycles. The summed E-state index contributed by atoms with van der Waals surface area (Å²) in [4.78, 5) is 70.7. The Balaban J connectivity index is 1.91. The van der Waals surface area contributed by atoms with Crippen LogP contribution in [0.3, 0.4) is 0 Å². The molecule has 3 rings (SSSR count). The van der Waals surface area contributed by atoms with Gasteiger partial charge in [-0.1, -0.05) is 12.1 Å². The van der Waals surface area contributed by atoms with Crippen molar-refractivity contribution in [3.63, 3.8) is 0 Å². The standard InChI is InChI=1S/C22H24N6O7S/c1-27-17-16(20(31)28(2)22(27)33)24-15(11-23-17)19(30)26-14(9-10-36(4)34)18(29)25-13-8-6-5-7-12(13)21(32)35-3/h5-8,11,14H,9-10H2,1-4H3,(H,25,29)(H,26,30)/t14-,36+/m0/s1. The summed E-state index contributed by atoms with van der Waals surface area (Å²) in [5.74, 6) is -2.05. The number of aromatic nitrogens is 4. The maximum atomic E-state index is 13.0. The van der Waals surface area contributed by atoms with Gasteiger partial charge in [-0.2, -0.15) is 0 Å². The van der Waals surface area contributed by atoms with Crippen LogP contribution in [0.15, 0.2) is 40.1 Å².